The van der Waals surface area contributed by atoms with Crippen molar-refractivity contribution in [3.05, 3.63) is 106 Å². The van der Waals surface area contributed by atoms with Crippen LogP contribution in [0.5, 0.6) is 0 Å². The van der Waals surface area contributed by atoms with Crippen molar-refractivity contribution in [1.29, 1.82) is 0 Å². The summed E-state index contributed by atoms with van der Waals surface area (Å²) in [6.07, 6.45) is 0. The van der Waals surface area contributed by atoms with Gasteiger partial charge in [0, 0.05) is 16.1 Å². The van der Waals surface area contributed by atoms with Gasteiger partial charge >= 0.3 is 0 Å². The van der Waals surface area contributed by atoms with Crippen LogP contribution in [0.1, 0.15) is 22.0 Å². The minimum Gasteiger partial charge on any atom is -0.507 e. The molecule has 31 heavy (non-hydrogen) atoms. The number of aliphatic hydroxyl groups excluding tert-OH is 1. The van der Waals surface area contributed by atoms with Crippen LogP contribution in [0.4, 0.5) is 5.69 Å². The van der Waals surface area contributed by atoms with Crippen molar-refractivity contribution >= 4 is 45.2 Å². The summed E-state index contributed by atoms with van der Waals surface area (Å²) in [7, 11) is 0. The molecule has 4 nitrogen and oxygen atoms in total. The Morgan fingerprint density at radius 2 is 1.65 bits per heavy atom. The number of Topliss-reactive ketones (excluding diaryl/α,β-unsaturated/α-hetero) is 1. The summed E-state index contributed by atoms with van der Waals surface area (Å²) in [6.45, 7) is 1.97. The number of carbonyl (C=O) groups is 2. The third-order valence-corrected chi connectivity index (χ3v) is 6.52. The summed E-state index contributed by atoms with van der Waals surface area (Å²) in [4.78, 5) is 28.5. The lowest BCUT2D eigenvalue weighted by molar-refractivity contribution is -0.132. The molecule has 1 saturated heterocycles. The molecule has 4 aromatic rings. The van der Waals surface area contributed by atoms with Gasteiger partial charge in [-0.3, -0.25) is 14.5 Å². The normalized spacial score (nSPS) is 18.1. The molecule has 0 radical (unpaired) electrons. The predicted molar refractivity (Wildman–Crippen MR) is 124 cm³/mol. The third-order valence-electron chi connectivity index (χ3n) is 5.59. The highest BCUT2D eigenvalue weighted by Crippen LogP contribution is 2.43. The highest BCUT2D eigenvalue weighted by atomic mass is 32.1. The van der Waals surface area contributed by atoms with Gasteiger partial charge in [-0.2, -0.15) is 0 Å². The Balaban J connectivity index is 1.70. The molecule has 1 atom stereocenters. The van der Waals surface area contributed by atoms with Crippen molar-refractivity contribution in [3.8, 4) is 0 Å². The first-order valence-electron chi connectivity index (χ1n) is 9.95. The van der Waals surface area contributed by atoms with E-state index in [4.69, 9.17) is 0 Å². The number of fused-ring (bicyclic) bond motifs is 1. The molecule has 0 saturated carbocycles. The molecule has 3 aromatic carbocycles. The smallest absolute Gasteiger partial charge is 0.300 e. The number of anilines is 1. The fourth-order valence-corrected chi connectivity index (χ4v) is 4.84. The number of ketones is 1. The second-order valence-corrected chi connectivity index (χ2v) is 8.56. The molecule has 1 unspecified atom stereocenters. The second-order valence-electron chi connectivity index (χ2n) is 7.58. The maximum absolute atomic E-state index is 13.1. The maximum atomic E-state index is 13.1. The van der Waals surface area contributed by atoms with Crippen LogP contribution in [0.3, 0.4) is 0 Å². The minimum atomic E-state index is -0.676. The number of nitrogens with zero attached hydrogens (tertiary/aromatic N) is 1. The third kappa shape index (κ3) is 3.23. The number of benzene rings is 3. The lowest BCUT2D eigenvalue weighted by atomic mass is 9.98. The summed E-state index contributed by atoms with van der Waals surface area (Å²) in [6, 6.07) is 23.9. The average molecular weight is 426 g/mol. The van der Waals surface area contributed by atoms with Gasteiger partial charge in [0.05, 0.1) is 5.57 Å². The second kappa shape index (κ2) is 7.52. The van der Waals surface area contributed by atoms with Crippen molar-refractivity contribution in [2.75, 3.05) is 4.90 Å². The molecule has 0 aliphatic carbocycles. The van der Waals surface area contributed by atoms with Crippen LogP contribution in [0.2, 0.25) is 0 Å². The topological polar surface area (TPSA) is 57.6 Å². The Morgan fingerprint density at radius 1 is 0.903 bits per heavy atom. The summed E-state index contributed by atoms with van der Waals surface area (Å²) in [5, 5.41) is 15.1. The monoisotopic (exact) mass is 425 g/mol. The molecule has 1 fully saturated rings. The highest BCUT2D eigenvalue weighted by molar-refractivity contribution is 7.10. The fourth-order valence-electron chi connectivity index (χ4n) is 4.01. The zero-order valence-corrected chi connectivity index (χ0v) is 17.6. The van der Waals surface area contributed by atoms with Crippen molar-refractivity contribution in [2.45, 2.75) is 13.0 Å². The van der Waals surface area contributed by atoms with Crippen LogP contribution in [-0.2, 0) is 9.59 Å². The standard InChI is InChI=1S/C26H19NO3S/c1-16-8-12-20(13-9-16)27-23(21-7-4-14-31-21)22(25(29)26(27)30)24(28)19-11-10-17-5-2-3-6-18(17)15-19/h2-15,23,28H,1H3/b24-22-. The van der Waals surface area contributed by atoms with Crippen LogP contribution in [0.25, 0.3) is 16.5 Å². The van der Waals surface area contributed by atoms with Crippen molar-refractivity contribution in [2.24, 2.45) is 0 Å². The van der Waals surface area contributed by atoms with Crippen LogP contribution in [0.15, 0.2) is 89.8 Å². The summed E-state index contributed by atoms with van der Waals surface area (Å²) >= 11 is 1.45. The van der Waals surface area contributed by atoms with Crippen molar-refractivity contribution in [3.63, 3.8) is 0 Å². The number of hydrogen-bond donors (Lipinski definition) is 1. The number of thiophene rings is 1. The Bertz CT molecular complexity index is 1340. The molecular weight excluding hydrogens is 406 g/mol. The Hall–Kier alpha value is -3.70. The molecule has 1 aliphatic heterocycles. The number of rotatable bonds is 3. The molecule has 1 aliphatic rings. The number of amides is 1. The average Bonchev–Trinajstić information content (AvgIpc) is 3.41. The first-order valence-corrected chi connectivity index (χ1v) is 10.8. The number of carbonyl (C=O) groups excluding carboxylic acids is 2. The van der Waals surface area contributed by atoms with Crippen molar-refractivity contribution < 1.29 is 14.7 Å². The Kier molecular flexibility index (Phi) is 4.68. The molecule has 0 spiro atoms. The molecule has 1 aromatic heterocycles. The molecule has 2 heterocycles. The van der Waals surface area contributed by atoms with Crippen LogP contribution in [0, 0.1) is 6.92 Å². The lowest BCUT2D eigenvalue weighted by Gasteiger charge is -2.24. The maximum Gasteiger partial charge on any atom is 0.300 e. The molecular formula is C26H19NO3S. The van der Waals surface area contributed by atoms with E-state index in [1.54, 1.807) is 6.07 Å². The van der Waals surface area contributed by atoms with E-state index in [1.807, 2.05) is 85.1 Å². The van der Waals surface area contributed by atoms with Gasteiger partial charge in [0.15, 0.2) is 0 Å². The summed E-state index contributed by atoms with van der Waals surface area (Å²) in [5.41, 5.74) is 2.32. The van der Waals surface area contributed by atoms with Gasteiger partial charge in [-0.25, -0.2) is 0 Å². The van der Waals surface area contributed by atoms with E-state index in [2.05, 4.69) is 0 Å². The van der Waals surface area contributed by atoms with E-state index in [0.717, 1.165) is 21.2 Å². The first kappa shape index (κ1) is 19.3. The number of aryl methyl sites for hydroxylation is 1. The zero-order valence-electron chi connectivity index (χ0n) is 16.8. The van der Waals surface area contributed by atoms with Crippen molar-refractivity contribution in [1.82, 2.24) is 0 Å². The zero-order chi connectivity index (χ0) is 21.5. The molecule has 1 amide bonds. The van der Waals surface area contributed by atoms with Gasteiger partial charge < -0.3 is 5.11 Å². The Morgan fingerprint density at radius 3 is 2.35 bits per heavy atom. The van der Waals surface area contributed by atoms with Crippen LogP contribution >= 0.6 is 11.3 Å². The lowest BCUT2D eigenvalue weighted by Crippen LogP contribution is -2.29. The molecule has 0 bridgehead atoms. The highest BCUT2D eigenvalue weighted by Gasteiger charge is 2.47. The van der Waals surface area contributed by atoms with Gasteiger partial charge in [-0.05, 0) is 47.3 Å². The Labute approximate surface area is 183 Å². The molecule has 5 rings (SSSR count). The van der Waals surface area contributed by atoms with E-state index < -0.39 is 17.7 Å². The van der Waals surface area contributed by atoms with Crippen LogP contribution < -0.4 is 4.90 Å². The van der Waals surface area contributed by atoms with E-state index in [9.17, 15) is 14.7 Å². The number of aliphatic hydroxyl groups is 1. The predicted octanol–water partition coefficient (Wildman–Crippen LogP) is 5.84. The minimum absolute atomic E-state index is 0.114. The first-order chi connectivity index (χ1) is 15.0. The largest absolute Gasteiger partial charge is 0.507 e. The summed E-state index contributed by atoms with van der Waals surface area (Å²) in [5.74, 6) is -1.47. The van der Waals surface area contributed by atoms with E-state index in [0.29, 0.717) is 11.3 Å². The van der Waals surface area contributed by atoms with Crippen LogP contribution in [-0.4, -0.2) is 16.8 Å². The van der Waals surface area contributed by atoms with E-state index in [1.165, 1.54) is 16.2 Å². The van der Waals surface area contributed by atoms with E-state index >= 15 is 0 Å². The quantitative estimate of drug-likeness (QED) is 0.255. The molecule has 5 heteroatoms. The van der Waals surface area contributed by atoms with Gasteiger partial charge in [0.1, 0.15) is 11.8 Å². The van der Waals surface area contributed by atoms with Gasteiger partial charge in [-0.1, -0.05) is 60.2 Å². The SMILES string of the molecule is Cc1ccc(N2C(=O)C(=O)/C(=C(\O)c3ccc4ccccc4c3)C2c2cccs2)cc1. The number of hydrogen-bond acceptors (Lipinski definition) is 4. The van der Waals surface area contributed by atoms with E-state index in [-0.39, 0.29) is 11.3 Å². The van der Waals surface area contributed by atoms with Gasteiger partial charge in [0.2, 0.25) is 0 Å². The van der Waals surface area contributed by atoms with Gasteiger partial charge in [0.25, 0.3) is 11.7 Å². The fraction of sp³-hybridized carbons (Fsp3) is 0.0769. The molecule has 152 valence electrons. The summed E-state index contributed by atoms with van der Waals surface area (Å²) < 4.78 is 0. The molecule has 1 N–H and O–H groups in total. The van der Waals surface area contributed by atoms with Gasteiger partial charge in [-0.15, -0.1) is 11.3 Å².